The highest BCUT2D eigenvalue weighted by Gasteiger charge is 2.35. The summed E-state index contributed by atoms with van der Waals surface area (Å²) < 4.78 is 11.0. The number of hydrogen-bond acceptors (Lipinski definition) is 4. The van der Waals surface area contributed by atoms with Crippen LogP contribution in [0.25, 0.3) is 0 Å². The summed E-state index contributed by atoms with van der Waals surface area (Å²) in [5.41, 5.74) is -0.501. The van der Waals surface area contributed by atoms with Crippen LogP contribution in [0, 0.1) is 0 Å². The van der Waals surface area contributed by atoms with Crippen LogP contribution in [0.2, 0.25) is 0 Å². The molecule has 100 valence electrons. The molecular weight excluding hydrogens is 230 g/mol. The maximum Gasteiger partial charge on any atom is 0.119 e. The van der Waals surface area contributed by atoms with E-state index in [4.69, 9.17) is 9.47 Å². The number of aliphatic hydroxyl groups is 1. The Kier molecular flexibility index (Phi) is 4.09. The SMILES string of the molecule is CCOc1ccc(OCCN2CC(C)(O)C2)cc1. The van der Waals surface area contributed by atoms with Crippen molar-refractivity contribution in [3.8, 4) is 11.5 Å². The molecule has 0 saturated carbocycles. The number of ether oxygens (including phenoxy) is 2. The molecule has 4 nitrogen and oxygen atoms in total. The second kappa shape index (κ2) is 5.59. The second-order valence-electron chi connectivity index (χ2n) is 4.96. The fraction of sp³-hybridized carbons (Fsp3) is 0.571. The number of likely N-dealkylation sites (tertiary alicyclic amines) is 1. The van der Waals surface area contributed by atoms with E-state index in [2.05, 4.69) is 4.90 Å². The van der Waals surface area contributed by atoms with E-state index in [1.165, 1.54) is 0 Å². The van der Waals surface area contributed by atoms with Crippen LogP contribution in [-0.2, 0) is 0 Å². The van der Waals surface area contributed by atoms with E-state index in [-0.39, 0.29) is 0 Å². The maximum absolute atomic E-state index is 9.58. The zero-order valence-corrected chi connectivity index (χ0v) is 11.1. The summed E-state index contributed by atoms with van der Waals surface area (Å²) in [6, 6.07) is 7.65. The smallest absolute Gasteiger partial charge is 0.119 e. The van der Waals surface area contributed by atoms with Crippen molar-refractivity contribution < 1.29 is 14.6 Å². The van der Waals surface area contributed by atoms with Crippen LogP contribution in [0.15, 0.2) is 24.3 Å². The molecule has 0 aromatic heterocycles. The third-order valence-electron chi connectivity index (χ3n) is 2.94. The summed E-state index contributed by atoms with van der Waals surface area (Å²) in [6.07, 6.45) is 0. The number of benzene rings is 1. The van der Waals surface area contributed by atoms with E-state index < -0.39 is 5.60 Å². The zero-order valence-electron chi connectivity index (χ0n) is 11.1. The molecule has 0 bridgehead atoms. The van der Waals surface area contributed by atoms with E-state index in [9.17, 15) is 5.11 Å². The highest BCUT2D eigenvalue weighted by atomic mass is 16.5. The van der Waals surface area contributed by atoms with Gasteiger partial charge in [-0.25, -0.2) is 0 Å². The van der Waals surface area contributed by atoms with Crippen molar-refractivity contribution in [2.45, 2.75) is 19.4 Å². The number of nitrogens with zero attached hydrogens (tertiary/aromatic N) is 1. The Hall–Kier alpha value is -1.26. The molecule has 1 aliphatic rings. The van der Waals surface area contributed by atoms with Crippen LogP contribution in [0.1, 0.15) is 13.8 Å². The topological polar surface area (TPSA) is 41.9 Å². The lowest BCUT2D eigenvalue weighted by molar-refractivity contribution is -0.0859. The van der Waals surface area contributed by atoms with Crippen molar-refractivity contribution in [1.29, 1.82) is 0 Å². The molecule has 0 unspecified atom stereocenters. The van der Waals surface area contributed by atoms with Gasteiger partial charge < -0.3 is 14.6 Å². The average molecular weight is 251 g/mol. The van der Waals surface area contributed by atoms with Crippen LogP contribution >= 0.6 is 0 Å². The minimum atomic E-state index is -0.501. The molecule has 1 aliphatic heterocycles. The molecule has 0 aliphatic carbocycles. The molecule has 1 aromatic carbocycles. The van der Waals surface area contributed by atoms with Gasteiger partial charge in [0.1, 0.15) is 18.1 Å². The number of β-amino-alcohol motifs (C(OH)–C–C–N with tert-alkyl or cyclic N) is 1. The van der Waals surface area contributed by atoms with Crippen molar-refractivity contribution in [2.75, 3.05) is 32.8 Å². The van der Waals surface area contributed by atoms with Crippen LogP contribution < -0.4 is 9.47 Å². The maximum atomic E-state index is 9.58. The molecule has 0 radical (unpaired) electrons. The Balaban J connectivity index is 1.67. The molecule has 1 aromatic rings. The van der Waals surface area contributed by atoms with Crippen molar-refractivity contribution in [3.63, 3.8) is 0 Å². The molecule has 18 heavy (non-hydrogen) atoms. The fourth-order valence-corrected chi connectivity index (χ4v) is 2.17. The van der Waals surface area contributed by atoms with E-state index in [1.54, 1.807) is 0 Å². The van der Waals surface area contributed by atoms with Gasteiger partial charge in [-0.3, -0.25) is 4.90 Å². The highest BCUT2D eigenvalue weighted by Crippen LogP contribution is 2.20. The van der Waals surface area contributed by atoms with Gasteiger partial charge >= 0.3 is 0 Å². The van der Waals surface area contributed by atoms with Gasteiger partial charge in [0.05, 0.1) is 12.2 Å². The minimum absolute atomic E-state index is 0.501. The van der Waals surface area contributed by atoms with Crippen LogP contribution in [-0.4, -0.2) is 48.5 Å². The van der Waals surface area contributed by atoms with E-state index in [1.807, 2.05) is 38.1 Å². The van der Waals surface area contributed by atoms with Gasteiger partial charge in [0.2, 0.25) is 0 Å². The molecule has 1 saturated heterocycles. The molecule has 2 rings (SSSR count). The third-order valence-corrected chi connectivity index (χ3v) is 2.94. The Morgan fingerprint density at radius 2 is 1.72 bits per heavy atom. The highest BCUT2D eigenvalue weighted by molar-refractivity contribution is 5.31. The Bertz CT molecular complexity index is 367. The lowest BCUT2D eigenvalue weighted by atomic mass is 9.97. The van der Waals surface area contributed by atoms with E-state index in [0.717, 1.165) is 31.1 Å². The van der Waals surface area contributed by atoms with Crippen molar-refractivity contribution in [3.05, 3.63) is 24.3 Å². The molecule has 1 heterocycles. The molecule has 1 fully saturated rings. The average Bonchev–Trinajstić information content (AvgIpc) is 2.29. The fourth-order valence-electron chi connectivity index (χ4n) is 2.17. The molecule has 0 spiro atoms. The second-order valence-corrected chi connectivity index (χ2v) is 4.96. The predicted molar refractivity (Wildman–Crippen MR) is 70.2 cm³/mol. The van der Waals surface area contributed by atoms with Crippen LogP contribution in [0.4, 0.5) is 0 Å². The molecule has 0 atom stereocenters. The number of rotatable bonds is 6. The van der Waals surface area contributed by atoms with Gasteiger partial charge in [0.25, 0.3) is 0 Å². The monoisotopic (exact) mass is 251 g/mol. The molecular formula is C14H21NO3. The van der Waals surface area contributed by atoms with Gasteiger partial charge in [-0.05, 0) is 38.1 Å². The lowest BCUT2D eigenvalue weighted by Crippen LogP contribution is -2.60. The summed E-state index contributed by atoms with van der Waals surface area (Å²) in [7, 11) is 0. The molecule has 4 heteroatoms. The van der Waals surface area contributed by atoms with Crippen molar-refractivity contribution in [1.82, 2.24) is 4.90 Å². The zero-order chi connectivity index (χ0) is 13.0. The van der Waals surface area contributed by atoms with Gasteiger partial charge in [-0.15, -0.1) is 0 Å². The summed E-state index contributed by atoms with van der Waals surface area (Å²) >= 11 is 0. The van der Waals surface area contributed by atoms with Gasteiger partial charge in [0.15, 0.2) is 0 Å². The summed E-state index contributed by atoms with van der Waals surface area (Å²) in [4.78, 5) is 2.18. The standard InChI is InChI=1S/C14H21NO3/c1-3-17-12-4-6-13(7-5-12)18-9-8-15-10-14(2,16)11-15/h4-7,16H,3,8-11H2,1-2H3. The first-order chi connectivity index (χ1) is 8.59. The Morgan fingerprint density at radius 3 is 2.22 bits per heavy atom. The van der Waals surface area contributed by atoms with Crippen molar-refractivity contribution in [2.24, 2.45) is 0 Å². The molecule has 1 N–H and O–H groups in total. The van der Waals surface area contributed by atoms with Gasteiger partial charge in [0, 0.05) is 19.6 Å². The Morgan fingerprint density at radius 1 is 1.17 bits per heavy atom. The first-order valence-electron chi connectivity index (χ1n) is 6.39. The van der Waals surface area contributed by atoms with E-state index in [0.29, 0.717) is 13.2 Å². The summed E-state index contributed by atoms with van der Waals surface area (Å²) in [6.45, 7) is 7.46. The minimum Gasteiger partial charge on any atom is -0.494 e. The number of hydrogen-bond donors (Lipinski definition) is 1. The predicted octanol–water partition coefficient (Wildman–Crippen LogP) is 1.53. The van der Waals surface area contributed by atoms with Crippen LogP contribution in [0.5, 0.6) is 11.5 Å². The van der Waals surface area contributed by atoms with E-state index >= 15 is 0 Å². The largest absolute Gasteiger partial charge is 0.494 e. The lowest BCUT2D eigenvalue weighted by Gasteiger charge is -2.44. The van der Waals surface area contributed by atoms with Gasteiger partial charge in [-0.1, -0.05) is 0 Å². The van der Waals surface area contributed by atoms with Crippen molar-refractivity contribution >= 4 is 0 Å². The molecule has 0 amide bonds. The van der Waals surface area contributed by atoms with Gasteiger partial charge in [-0.2, -0.15) is 0 Å². The summed E-state index contributed by atoms with van der Waals surface area (Å²) in [5, 5.41) is 9.58. The summed E-state index contributed by atoms with van der Waals surface area (Å²) in [5.74, 6) is 1.72. The first-order valence-corrected chi connectivity index (χ1v) is 6.39. The third kappa shape index (κ3) is 3.62. The quantitative estimate of drug-likeness (QED) is 0.832. The Labute approximate surface area is 108 Å². The van der Waals surface area contributed by atoms with Crippen LogP contribution in [0.3, 0.4) is 0 Å². The first kappa shape index (κ1) is 13.2. The normalized spacial score (nSPS) is 18.2.